The third-order valence-electron chi connectivity index (χ3n) is 5.39. The highest BCUT2D eigenvalue weighted by atomic mass is 16.4. The van der Waals surface area contributed by atoms with E-state index in [-0.39, 0.29) is 12.3 Å². The number of nitrogens with zero attached hydrogens (tertiary/aromatic N) is 2. The van der Waals surface area contributed by atoms with Gasteiger partial charge in [0.2, 0.25) is 5.91 Å². The summed E-state index contributed by atoms with van der Waals surface area (Å²) in [7, 11) is 0. The SMILES string of the molecule is C#CCCCCCCCCCCCCCCCC(=O)N[C@@H](CC1(C)N=N1)C(=O)O. The molecule has 1 amide bonds. The molecule has 164 valence electrons. The first kappa shape index (κ1) is 25.1. The lowest BCUT2D eigenvalue weighted by Crippen LogP contribution is -2.43. The molecular formula is C23H39N3O3. The smallest absolute Gasteiger partial charge is 0.326 e. The van der Waals surface area contributed by atoms with E-state index in [4.69, 9.17) is 6.42 Å². The zero-order valence-electron chi connectivity index (χ0n) is 18.1. The Bertz CT molecular complexity index is 548. The van der Waals surface area contributed by atoms with Crippen molar-refractivity contribution in [3.8, 4) is 12.3 Å². The van der Waals surface area contributed by atoms with Crippen molar-refractivity contribution < 1.29 is 14.7 Å². The molecule has 0 saturated heterocycles. The summed E-state index contributed by atoms with van der Waals surface area (Å²) in [6, 6.07) is -0.912. The summed E-state index contributed by atoms with van der Waals surface area (Å²) in [6.45, 7) is 1.76. The summed E-state index contributed by atoms with van der Waals surface area (Å²) in [4.78, 5) is 23.2. The van der Waals surface area contributed by atoms with Crippen molar-refractivity contribution in [2.75, 3.05) is 0 Å². The summed E-state index contributed by atoms with van der Waals surface area (Å²) < 4.78 is 0. The van der Waals surface area contributed by atoms with Gasteiger partial charge in [0.15, 0.2) is 5.66 Å². The van der Waals surface area contributed by atoms with Crippen LogP contribution in [-0.2, 0) is 9.59 Å². The van der Waals surface area contributed by atoms with Gasteiger partial charge in [-0.1, -0.05) is 70.6 Å². The number of hydrogen-bond donors (Lipinski definition) is 2. The van der Waals surface area contributed by atoms with E-state index in [0.29, 0.717) is 6.42 Å². The van der Waals surface area contributed by atoms with E-state index >= 15 is 0 Å². The first-order chi connectivity index (χ1) is 14.0. The molecule has 29 heavy (non-hydrogen) atoms. The van der Waals surface area contributed by atoms with E-state index in [9.17, 15) is 14.7 Å². The molecule has 0 saturated carbocycles. The van der Waals surface area contributed by atoms with Crippen LogP contribution in [0.3, 0.4) is 0 Å². The van der Waals surface area contributed by atoms with Crippen molar-refractivity contribution >= 4 is 11.9 Å². The van der Waals surface area contributed by atoms with E-state index in [1.165, 1.54) is 64.2 Å². The molecule has 0 aliphatic carbocycles. The normalized spacial score (nSPS) is 14.9. The zero-order chi connectivity index (χ0) is 21.4. The van der Waals surface area contributed by atoms with Crippen LogP contribution in [0.2, 0.25) is 0 Å². The lowest BCUT2D eigenvalue weighted by molar-refractivity contribution is -0.142. The molecule has 1 atom stereocenters. The summed E-state index contributed by atoms with van der Waals surface area (Å²) in [6.07, 6.45) is 22.6. The number of rotatable bonds is 19. The predicted molar refractivity (Wildman–Crippen MR) is 116 cm³/mol. The molecule has 0 spiro atoms. The highest BCUT2D eigenvalue weighted by Gasteiger charge is 2.39. The number of carboxylic acid groups (broad SMARTS) is 1. The van der Waals surface area contributed by atoms with Crippen molar-refractivity contribution in [3.05, 3.63) is 0 Å². The molecule has 0 fully saturated rings. The molecular weight excluding hydrogens is 366 g/mol. The van der Waals surface area contributed by atoms with Gasteiger partial charge < -0.3 is 10.4 Å². The van der Waals surface area contributed by atoms with E-state index < -0.39 is 17.7 Å². The van der Waals surface area contributed by atoms with Crippen LogP contribution in [0.1, 0.15) is 110 Å². The van der Waals surface area contributed by atoms with Crippen LogP contribution in [0.4, 0.5) is 0 Å². The van der Waals surface area contributed by atoms with Crippen molar-refractivity contribution in [1.29, 1.82) is 0 Å². The number of aliphatic carboxylic acids is 1. The minimum Gasteiger partial charge on any atom is -0.480 e. The molecule has 1 heterocycles. The van der Waals surface area contributed by atoms with Gasteiger partial charge in [0.25, 0.3) is 0 Å². The molecule has 1 rings (SSSR count). The van der Waals surface area contributed by atoms with Crippen LogP contribution in [0.15, 0.2) is 10.2 Å². The fourth-order valence-electron chi connectivity index (χ4n) is 3.48. The lowest BCUT2D eigenvalue weighted by Gasteiger charge is -2.15. The van der Waals surface area contributed by atoms with Crippen molar-refractivity contribution in [2.45, 2.75) is 121 Å². The zero-order valence-corrected chi connectivity index (χ0v) is 18.1. The van der Waals surface area contributed by atoms with Gasteiger partial charge in [0.1, 0.15) is 6.04 Å². The molecule has 0 aromatic rings. The Kier molecular flexibility index (Phi) is 13.0. The van der Waals surface area contributed by atoms with Gasteiger partial charge in [-0.15, -0.1) is 12.3 Å². The highest BCUT2D eigenvalue weighted by molar-refractivity contribution is 5.83. The predicted octanol–water partition coefficient (Wildman–Crippen LogP) is 5.61. The van der Waals surface area contributed by atoms with Gasteiger partial charge in [-0.05, 0) is 19.8 Å². The van der Waals surface area contributed by atoms with E-state index in [1.807, 2.05) is 0 Å². The van der Waals surface area contributed by atoms with Crippen molar-refractivity contribution in [1.82, 2.24) is 5.32 Å². The number of carbonyl (C=O) groups excluding carboxylic acids is 1. The quantitative estimate of drug-likeness (QED) is 0.216. The van der Waals surface area contributed by atoms with Crippen LogP contribution >= 0.6 is 0 Å². The Morgan fingerprint density at radius 3 is 1.76 bits per heavy atom. The van der Waals surface area contributed by atoms with Crippen molar-refractivity contribution in [3.63, 3.8) is 0 Å². The van der Waals surface area contributed by atoms with Gasteiger partial charge in [-0.2, -0.15) is 10.2 Å². The maximum absolute atomic E-state index is 12.0. The molecule has 0 aromatic carbocycles. The summed E-state index contributed by atoms with van der Waals surface area (Å²) >= 11 is 0. The van der Waals surface area contributed by atoms with Gasteiger partial charge in [-0.25, -0.2) is 4.79 Å². The van der Waals surface area contributed by atoms with Crippen LogP contribution in [-0.4, -0.2) is 28.7 Å². The Balaban J connectivity index is 1.87. The number of terminal acetylenes is 1. The second kappa shape index (κ2) is 15.0. The second-order valence-electron chi connectivity index (χ2n) is 8.38. The third kappa shape index (κ3) is 13.8. The minimum absolute atomic E-state index is 0.194. The lowest BCUT2D eigenvalue weighted by atomic mass is 10.0. The molecule has 6 heteroatoms. The maximum atomic E-state index is 12.0. The molecule has 0 aromatic heterocycles. The molecule has 1 aliphatic rings. The van der Waals surface area contributed by atoms with Crippen LogP contribution in [0.5, 0.6) is 0 Å². The van der Waals surface area contributed by atoms with E-state index in [1.54, 1.807) is 6.92 Å². The fourth-order valence-corrected chi connectivity index (χ4v) is 3.48. The first-order valence-electron chi connectivity index (χ1n) is 11.4. The van der Waals surface area contributed by atoms with Crippen molar-refractivity contribution in [2.24, 2.45) is 10.2 Å². The molecule has 0 bridgehead atoms. The molecule has 1 aliphatic heterocycles. The fraction of sp³-hybridized carbons (Fsp3) is 0.826. The average molecular weight is 406 g/mol. The Labute approximate surface area is 176 Å². The standard InChI is InChI=1S/C23H39N3O3/c1-3-4-5-6-7-8-9-10-11-12-13-14-15-16-17-18-21(27)24-20(22(28)29)19-23(2)25-26-23/h1,20H,4-19H2,2H3,(H,24,27)(H,28,29)/t20-/m0/s1. The van der Waals surface area contributed by atoms with E-state index in [2.05, 4.69) is 21.5 Å². The number of carbonyl (C=O) groups is 2. The molecule has 2 N–H and O–H groups in total. The Morgan fingerprint density at radius 1 is 0.897 bits per heavy atom. The van der Waals surface area contributed by atoms with Crippen LogP contribution in [0.25, 0.3) is 0 Å². The molecule has 0 unspecified atom stereocenters. The number of hydrogen-bond acceptors (Lipinski definition) is 4. The molecule has 6 nitrogen and oxygen atoms in total. The first-order valence-corrected chi connectivity index (χ1v) is 11.4. The highest BCUT2D eigenvalue weighted by Crippen LogP contribution is 2.32. The van der Waals surface area contributed by atoms with Crippen LogP contribution < -0.4 is 5.32 Å². The number of amides is 1. The summed E-state index contributed by atoms with van der Waals surface area (Å²) in [5, 5.41) is 19.4. The van der Waals surface area contributed by atoms with E-state index in [0.717, 1.165) is 25.7 Å². The van der Waals surface area contributed by atoms with Crippen LogP contribution in [0, 0.1) is 12.3 Å². The van der Waals surface area contributed by atoms with Gasteiger partial charge in [-0.3, -0.25) is 4.79 Å². The Morgan fingerprint density at radius 2 is 1.34 bits per heavy atom. The largest absolute Gasteiger partial charge is 0.480 e. The monoisotopic (exact) mass is 405 g/mol. The van der Waals surface area contributed by atoms with Gasteiger partial charge >= 0.3 is 5.97 Å². The summed E-state index contributed by atoms with van der Waals surface area (Å²) in [5.41, 5.74) is -0.626. The second-order valence-corrected chi connectivity index (χ2v) is 8.38. The summed E-state index contributed by atoms with van der Waals surface area (Å²) in [5.74, 6) is 1.47. The molecule has 0 radical (unpaired) electrons. The maximum Gasteiger partial charge on any atom is 0.326 e. The third-order valence-corrected chi connectivity index (χ3v) is 5.39. The van der Waals surface area contributed by atoms with Gasteiger partial charge in [0.05, 0.1) is 0 Å². The topological polar surface area (TPSA) is 91.1 Å². The van der Waals surface area contributed by atoms with Gasteiger partial charge in [0, 0.05) is 19.3 Å². The minimum atomic E-state index is -1.03. The average Bonchev–Trinajstić information content (AvgIpc) is 3.41. The Hall–Kier alpha value is -1.90. The number of carboxylic acids is 1. The number of nitrogens with one attached hydrogen (secondary N) is 1. The number of unbranched alkanes of at least 4 members (excludes halogenated alkanes) is 13.